The molecule has 3 heterocycles. The molecule has 0 radical (unpaired) electrons. The Hall–Kier alpha value is -2.83. The van der Waals surface area contributed by atoms with Crippen LogP contribution in [-0.4, -0.2) is 43.3 Å². The van der Waals surface area contributed by atoms with E-state index in [2.05, 4.69) is 25.4 Å². The standard InChI is InChI=1S/C19H21N7/c1-14-20-12-15-8-10-19(17(15)21-14)9-5-11-25(13-19)18-22-23-24-26(18)16-6-3-2-4-7-16/h2-4,6-7,12H,5,8-11,13H2,1H3. The second-order valence-electron chi connectivity index (χ2n) is 7.32. The van der Waals surface area contributed by atoms with Crippen LogP contribution in [0.5, 0.6) is 0 Å². The van der Waals surface area contributed by atoms with Gasteiger partial charge in [-0.25, -0.2) is 9.97 Å². The summed E-state index contributed by atoms with van der Waals surface area (Å²) in [6, 6.07) is 10.1. The van der Waals surface area contributed by atoms with Crippen molar-refractivity contribution < 1.29 is 0 Å². The molecule has 7 heteroatoms. The van der Waals surface area contributed by atoms with E-state index in [4.69, 9.17) is 4.98 Å². The largest absolute Gasteiger partial charge is 0.338 e. The molecule has 1 saturated heterocycles. The number of rotatable bonds is 2. The monoisotopic (exact) mass is 347 g/mol. The summed E-state index contributed by atoms with van der Waals surface area (Å²) in [6.45, 7) is 3.85. The number of nitrogens with zero attached hydrogens (tertiary/aromatic N) is 7. The van der Waals surface area contributed by atoms with Crippen LogP contribution in [0.1, 0.15) is 36.3 Å². The number of piperidine rings is 1. The number of benzene rings is 1. The van der Waals surface area contributed by atoms with Crippen molar-refractivity contribution in [1.82, 2.24) is 30.2 Å². The lowest BCUT2D eigenvalue weighted by Gasteiger charge is -2.40. The van der Waals surface area contributed by atoms with Gasteiger partial charge in [0.2, 0.25) is 5.95 Å². The summed E-state index contributed by atoms with van der Waals surface area (Å²) < 4.78 is 1.83. The second-order valence-corrected chi connectivity index (χ2v) is 7.32. The Morgan fingerprint density at radius 1 is 1.12 bits per heavy atom. The highest BCUT2D eigenvalue weighted by Gasteiger charge is 2.44. The first-order chi connectivity index (χ1) is 12.8. The van der Waals surface area contributed by atoms with Gasteiger partial charge in [0.15, 0.2) is 0 Å². The zero-order valence-corrected chi connectivity index (χ0v) is 14.8. The Morgan fingerprint density at radius 3 is 2.88 bits per heavy atom. The summed E-state index contributed by atoms with van der Waals surface area (Å²) >= 11 is 0. The molecule has 2 aliphatic rings. The van der Waals surface area contributed by atoms with E-state index in [1.165, 1.54) is 17.7 Å². The zero-order valence-electron chi connectivity index (χ0n) is 14.8. The van der Waals surface area contributed by atoms with Crippen LogP contribution in [0.25, 0.3) is 5.69 Å². The van der Waals surface area contributed by atoms with E-state index in [1.807, 2.05) is 48.1 Å². The summed E-state index contributed by atoms with van der Waals surface area (Å²) in [5, 5.41) is 12.5. The maximum atomic E-state index is 4.83. The van der Waals surface area contributed by atoms with Crippen molar-refractivity contribution in [3.63, 3.8) is 0 Å². The summed E-state index contributed by atoms with van der Waals surface area (Å²) in [5.41, 5.74) is 3.63. The second kappa shape index (κ2) is 5.86. The van der Waals surface area contributed by atoms with Crippen LogP contribution in [-0.2, 0) is 11.8 Å². The van der Waals surface area contributed by atoms with E-state index >= 15 is 0 Å². The Labute approximate surface area is 152 Å². The predicted molar refractivity (Wildman–Crippen MR) is 97.4 cm³/mol. The van der Waals surface area contributed by atoms with Crippen LogP contribution in [0.3, 0.4) is 0 Å². The minimum Gasteiger partial charge on any atom is -0.338 e. The Morgan fingerprint density at radius 2 is 2.00 bits per heavy atom. The average molecular weight is 347 g/mol. The van der Waals surface area contributed by atoms with Gasteiger partial charge in [-0.3, -0.25) is 0 Å². The summed E-state index contributed by atoms with van der Waals surface area (Å²) in [6.07, 6.45) is 6.49. The lowest BCUT2D eigenvalue weighted by molar-refractivity contribution is 0.330. The Bertz CT molecular complexity index is 932. The first kappa shape index (κ1) is 15.4. The third-order valence-corrected chi connectivity index (χ3v) is 5.67. The smallest absolute Gasteiger partial charge is 0.250 e. The van der Waals surface area contributed by atoms with Crippen LogP contribution in [0.2, 0.25) is 0 Å². The minimum atomic E-state index is 0.0920. The minimum absolute atomic E-state index is 0.0920. The number of anilines is 1. The van der Waals surface area contributed by atoms with Gasteiger partial charge in [-0.05, 0) is 60.7 Å². The normalized spacial score (nSPS) is 22.0. The highest BCUT2D eigenvalue weighted by atomic mass is 15.6. The van der Waals surface area contributed by atoms with E-state index in [1.54, 1.807) is 0 Å². The zero-order chi connectivity index (χ0) is 17.6. The first-order valence-electron chi connectivity index (χ1n) is 9.17. The molecule has 132 valence electrons. The molecule has 7 nitrogen and oxygen atoms in total. The van der Waals surface area contributed by atoms with Crippen molar-refractivity contribution in [3.8, 4) is 5.69 Å². The number of hydrogen-bond acceptors (Lipinski definition) is 6. The van der Waals surface area contributed by atoms with Gasteiger partial charge < -0.3 is 4.90 Å². The summed E-state index contributed by atoms with van der Waals surface area (Å²) in [4.78, 5) is 11.5. The van der Waals surface area contributed by atoms with Gasteiger partial charge in [-0.1, -0.05) is 23.3 Å². The van der Waals surface area contributed by atoms with Crippen molar-refractivity contribution in [3.05, 3.63) is 53.6 Å². The third kappa shape index (κ3) is 2.38. The highest BCUT2D eigenvalue weighted by Crippen LogP contribution is 2.44. The molecule has 26 heavy (non-hydrogen) atoms. The SMILES string of the molecule is Cc1ncc2c(n1)C1(CCCN(c3nnnn3-c3ccccc3)C1)CC2. The Balaban J connectivity index is 1.51. The molecule has 1 aliphatic carbocycles. The van der Waals surface area contributed by atoms with Gasteiger partial charge in [-0.2, -0.15) is 4.68 Å². The first-order valence-corrected chi connectivity index (χ1v) is 9.17. The van der Waals surface area contributed by atoms with Gasteiger partial charge in [0.05, 0.1) is 11.4 Å². The maximum Gasteiger partial charge on any atom is 0.250 e. The molecule has 1 fully saturated rings. The van der Waals surface area contributed by atoms with E-state index in [9.17, 15) is 0 Å². The van der Waals surface area contributed by atoms with Crippen molar-refractivity contribution in [2.24, 2.45) is 0 Å². The van der Waals surface area contributed by atoms with E-state index in [0.29, 0.717) is 0 Å². The number of aromatic nitrogens is 6. The molecule has 0 bridgehead atoms. The number of tetrazole rings is 1. The van der Waals surface area contributed by atoms with E-state index in [0.717, 1.165) is 49.8 Å². The fourth-order valence-corrected chi connectivity index (χ4v) is 4.45. The summed E-state index contributed by atoms with van der Waals surface area (Å²) in [7, 11) is 0. The topological polar surface area (TPSA) is 72.6 Å². The molecule has 5 rings (SSSR count). The van der Waals surface area contributed by atoms with Crippen LogP contribution < -0.4 is 4.90 Å². The predicted octanol–water partition coefficient (Wildman–Crippen LogP) is 2.25. The molecule has 1 aliphatic heterocycles. The molecule has 2 aromatic heterocycles. The molecular weight excluding hydrogens is 326 g/mol. The molecule has 0 saturated carbocycles. The van der Waals surface area contributed by atoms with Gasteiger partial charge in [0, 0.05) is 24.7 Å². The fraction of sp³-hybridized carbons (Fsp3) is 0.421. The molecule has 1 atom stereocenters. The van der Waals surface area contributed by atoms with Crippen molar-refractivity contribution >= 4 is 5.95 Å². The van der Waals surface area contributed by atoms with Crippen LogP contribution in [0, 0.1) is 6.92 Å². The molecule has 1 aromatic carbocycles. The van der Waals surface area contributed by atoms with E-state index < -0.39 is 0 Å². The lowest BCUT2D eigenvalue weighted by Crippen LogP contribution is -2.46. The number of aryl methyl sites for hydroxylation is 2. The summed E-state index contributed by atoms with van der Waals surface area (Å²) in [5.74, 6) is 1.67. The van der Waals surface area contributed by atoms with Crippen molar-refractivity contribution in [1.29, 1.82) is 0 Å². The number of hydrogen-bond donors (Lipinski definition) is 0. The van der Waals surface area contributed by atoms with Crippen LogP contribution >= 0.6 is 0 Å². The van der Waals surface area contributed by atoms with Crippen molar-refractivity contribution in [2.45, 2.75) is 38.0 Å². The molecule has 1 spiro atoms. The average Bonchev–Trinajstić information content (AvgIpc) is 3.29. The van der Waals surface area contributed by atoms with Crippen LogP contribution in [0.4, 0.5) is 5.95 Å². The Kier molecular flexibility index (Phi) is 3.48. The molecular formula is C19H21N7. The highest BCUT2D eigenvalue weighted by molar-refractivity contribution is 5.44. The van der Waals surface area contributed by atoms with E-state index in [-0.39, 0.29) is 5.41 Å². The number of fused-ring (bicyclic) bond motifs is 2. The number of para-hydroxylation sites is 1. The van der Waals surface area contributed by atoms with Gasteiger partial charge in [-0.15, -0.1) is 0 Å². The third-order valence-electron chi connectivity index (χ3n) is 5.67. The maximum absolute atomic E-state index is 4.83. The molecule has 0 N–H and O–H groups in total. The molecule has 0 amide bonds. The van der Waals surface area contributed by atoms with Gasteiger partial charge >= 0.3 is 0 Å². The molecule has 3 aromatic rings. The quantitative estimate of drug-likeness (QED) is 0.708. The van der Waals surface area contributed by atoms with Crippen LogP contribution in [0.15, 0.2) is 36.5 Å². The van der Waals surface area contributed by atoms with Crippen molar-refractivity contribution in [2.75, 3.05) is 18.0 Å². The molecule has 1 unspecified atom stereocenters. The lowest BCUT2D eigenvalue weighted by atomic mass is 9.77. The van der Waals surface area contributed by atoms with Gasteiger partial charge in [0.1, 0.15) is 5.82 Å². The van der Waals surface area contributed by atoms with Gasteiger partial charge in [0.25, 0.3) is 0 Å². The fourth-order valence-electron chi connectivity index (χ4n) is 4.45.